The molecule has 0 aliphatic carbocycles. The van der Waals surface area contributed by atoms with E-state index < -0.39 is 9.04 Å². The number of benzene rings is 1. The van der Waals surface area contributed by atoms with Gasteiger partial charge >= 0.3 is 6.09 Å². The molecule has 0 radical (unpaired) electrons. The Morgan fingerprint density at radius 1 is 1.29 bits per heavy atom. The van der Waals surface area contributed by atoms with E-state index in [0.717, 1.165) is 24.9 Å². The van der Waals surface area contributed by atoms with Gasteiger partial charge in [0.05, 0.1) is 12.1 Å². The summed E-state index contributed by atoms with van der Waals surface area (Å²) < 4.78 is 11.9. The first-order chi connectivity index (χ1) is 11.3. The predicted molar refractivity (Wildman–Crippen MR) is 99.6 cm³/mol. The van der Waals surface area contributed by atoms with Crippen molar-refractivity contribution < 1.29 is 14.0 Å². The fraction of sp³-hybridized carbons (Fsp3) is 0.632. The highest BCUT2D eigenvalue weighted by molar-refractivity contribution is 6.48. The number of carbonyl (C=O) groups excluding carboxylic acids is 1. The fourth-order valence-corrected chi connectivity index (χ4v) is 4.48. The standard InChI is InChI=1S/C19H31NO3Si/c1-19(2,3)17(23-24(4)5)16-12-9-13-20(16)18(21)22-14-15-10-7-6-8-11-15/h6-8,10-11,16-17,24H,9,12-14H2,1-5H3/t16-,17?/m1/s1. The molecule has 0 aromatic heterocycles. The molecule has 1 aromatic rings. The molecule has 134 valence electrons. The molecule has 1 fully saturated rings. The second-order valence-electron chi connectivity index (χ2n) is 7.91. The Morgan fingerprint density at radius 2 is 1.96 bits per heavy atom. The normalized spacial score (nSPS) is 19.6. The molecule has 24 heavy (non-hydrogen) atoms. The van der Waals surface area contributed by atoms with Gasteiger partial charge in [-0.05, 0) is 36.9 Å². The van der Waals surface area contributed by atoms with Crippen molar-refractivity contribution in [3.63, 3.8) is 0 Å². The van der Waals surface area contributed by atoms with Crippen LogP contribution in [0.1, 0.15) is 39.2 Å². The van der Waals surface area contributed by atoms with E-state index in [0.29, 0.717) is 6.61 Å². The average molecular weight is 350 g/mol. The summed E-state index contributed by atoms with van der Waals surface area (Å²) >= 11 is 0. The summed E-state index contributed by atoms with van der Waals surface area (Å²) in [5, 5.41) is 0. The smallest absolute Gasteiger partial charge is 0.410 e. The molecule has 0 spiro atoms. The Bertz CT molecular complexity index is 527. The van der Waals surface area contributed by atoms with Crippen molar-refractivity contribution in [1.82, 2.24) is 4.90 Å². The molecule has 1 aliphatic rings. The van der Waals surface area contributed by atoms with Crippen molar-refractivity contribution in [3.8, 4) is 0 Å². The first-order valence-corrected chi connectivity index (χ1v) is 11.7. The van der Waals surface area contributed by atoms with E-state index >= 15 is 0 Å². The third kappa shape index (κ3) is 5.08. The van der Waals surface area contributed by atoms with Gasteiger partial charge in [-0.2, -0.15) is 0 Å². The van der Waals surface area contributed by atoms with E-state index in [2.05, 4.69) is 33.9 Å². The molecule has 0 bridgehead atoms. The highest BCUT2D eigenvalue weighted by atomic mass is 28.3. The van der Waals surface area contributed by atoms with Crippen LogP contribution in [0.5, 0.6) is 0 Å². The van der Waals surface area contributed by atoms with Crippen molar-refractivity contribution in [2.24, 2.45) is 5.41 Å². The second-order valence-corrected chi connectivity index (χ2v) is 10.3. The number of hydrogen-bond donors (Lipinski definition) is 0. The number of nitrogens with zero attached hydrogens (tertiary/aromatic N) is 1. The van der Waals surface area contributed by atoms with E-state index in [9.17, 15) is 4.79 Å². The zero-order valence-corrected chi connectivity index (χ0v) is 16.8. The van der Waals surface area contributed by atoms with Crippen LogP contribution in [0.15, 0.2) is 30.3 Å². The lowest BCUT2D eigenvalue weighted by molar-refractivity contribution is 0.00852. The molecule has 1 aliphatic heterocycles. The van der Waals surface area contributed by atoms with Gasteiger partial charge in [-0.15, -0.1) is 0 Å². The van der Waals surface area contributed by atoms with Gasteiger partial charge in [-0.1, -0.05) is 51.1 Å². The van der Waals surface area contributed by atoms with Gasteiger partial charge < -0.3 is 14.1 Å². The molecule has 5 heteroatoms. The topological polar surface area (TPSA) is 38.8 Å². The molecule has 4 nitrogen and oxygen atoms in total. The average Bonchev–Trinajstić information content (AvgIpc) is 2.99. The van der Waals surface area contributed by atoms with Crippen molar-refractivity contribution in [3.05, 3.63) is 35.9 Å². The maximum atomic E-state index is 12.6. The summed E-state index contributed by atoms with van der Waals surface area (Å²) in [6, 6.07) is 9.93. The molecule has 0 N–H and O–H groups in total. The van der Waals surface area contributed by atoms with E-state index in [4.69, 9.17) is 9.16 Å². The molecule has 1 aromatic carbocycles. The molecule has 1 heterocycles. The van der Waals surface area contributed by atoms with Gasteiger partial charge in [0.15, 0.2) is 9.04 Å². The lowest BCUT2D eigenvalue weighted by atomic mass is 9.84. The minimum Gasteiger partial charge on any atom is -0.445 e. The SMILES string of the molecule is C[SiH](C)OC([C@H]1CCCN1C(=O)OCc1ccccc1)C(C)(C)C. The third-order valence-corrected chi connectivity index (χ3v) is 5.20. The lowest BCUT2D eigenvalue weighted by Gasteiger charge is -2.40. The molecule has 1 amide bonds. The summed E-state index contributed by atoms with van der Waals surface area (Å²) in [6.45, 7) is 12.0. The summed E-state index contributed by atoms with van der Waals surface area (Å²) in [5.41, 5.74) is 1.02. The Morgan fingerprint density at radius 3 is 2.54 bits per heavy atom. The molecule has 1 unspecified atom stereocenters. The largest absolute Gasteiger partial charge is 0.445 e. The Hall–Kier alpha value is -1.33. The van der Waals surface area contributed by atoms with Crippen LogP contribution >= 0.6 is 0 Å². The van der Waals surface area contributed by atoms with Gasteiger partial charge in [0.1, 0.15) is 6.61 Å². The van der Waals surface area contributed by atoms with Crippen LogP contribution in [0.4, 0.5) is 4.79 Å². The van der Waals surface area contributed by atoms with Crippen LogP contribution < -0.4 is 0 Å². The zero-order chi connectivity index (χ0) is 17.7. The molecule has 0 saturated carbocycles. The van der Waals surface area contributed by atoms with Gasteiger partial charge in [-0.25, -0.2) is 4.79 Å². The molecular formula is C19H31NO3Si. The fourth-order valence-electron chi connectivity index (χ4n) is 3.30. The maximum Gasteiger partial charge on any atom is 0.410 e. The first kappa shape index (κ1) is 19.0. The summed E-state index contributed by atoms with van der Waals surface area (Å²) in [4.78, 5) is 14.5. The number of rotatable bonds is 5. The minimum atomic E-state index is -1.19. The Labute approximate surface area is 147 Å². The Kier molecular flexibility index (Phi) is 6.46. The van der Waals surface area contributed by atoms with E-state index in [1.165, 1.54) is 0 Å². The Balaban J connectivity index is 2.03. The maximum absolute atomic E-state index is 12.6. The van der Waals surface area contributed by atoms with Crippen molar-refractivity contribution >= 4 is 15.1 Å². The molecular weight excluding hydrogens is 318 g/mol. The van der Waals surface area contributed by atoms with Crippen molar-refractivity contribution in [1.29, 1.82) is 0 Å². The van der Waals surface area contributed by atoms with Gasteiger partial charge in [0.2, 0.25) is 0 Å². The highest BCUT2D eigenvalue weighted by Gasteiger charge is 2.41. The third-order valence-electron chi connectivity index (χ3n) is 4.36. The second kappa shape index (κ2) is 8.16. The van der Waals surface area contributed by atoms with Crippen LogP contribution in [0.2, 0.25) is 13.1 Å². The van der Waals surface area contributed by atoms with E-state index in [1.54, 1.807) is 0 Å². The predicted octanol–water partition coefficient (Wildman–Crippen LogP) is 4.20. The minimum absolute atomic E-state index is 0.00420. The quantitative estimate of drug-likeness (QED) is 0.748. The van der Waals surface area contributed by atoms with Gasteiger partial charge in [0.25, 0.3) is 0 Å². The molecule has 2 rings (SSSR count). The van der Waals surface area contributed by atoms with Crippen LogP contribution in [0.3, 0.4) is 0 Å². The monoisotopic (exact) mass is 349 g/mol. The number of amides is 1. The van der Waals surface area contributed by atoms with Crippen LogP contribution in [0, 0.1) is 5.41 Å². The van der Waals surface area contributed by atoms with Crippen LogP contribution in [-0.2, 0) is 15.8 Å². The highest BCUT2D eigenvalue weighted by Crippen LogP contribution is 2.33. The van der Waals surface area contributed by atoms with E-state index in [-0.39, 0.29) is 23.7 Å². The van der Waals surface area contributed by atoms with Crippen molar-refractivity contribution in [2.75, 3.05) is 6.54 Å². The first-order valence-electron chi connectivity index (χ1n) is 8.92. The summed E-state index contributed by atoms with van der Waals surface area (Å²) in [7, 11) is -1.19. The number of likely N-dealkylation sites (tertiary alicyclic amines) is 1. The van der Waals surface area contributed by atoms with Crippen LogP contribution in [-0.4, -0.2) is 38.7 Å². The van der Waals surface area contributed by atoms with Gasteiger partial charge in [0, 0.05) is 6.54 Å². The van der Waals surface area contributed by atoms with Crippen LogP contribution in [0.25, 0.3) is 0 Å². The van der Waals surface area contributed by atoms with Gasteiger partial charge in [-0.3, -0.25) is 0 Å². The summed E-state index contributed by atoms with van der Waals surface area (Å²) in [5.74, 6) is 0. The number of ether oxygens (including phenoxy) is 1. The molecule has 1 saturated heterocycles. The number of hydrogen-bond acceptors (Lipinski definition) is 3. The number of carbonyl (C=O) groups is 1. The van der Waals surface area contributed by atoms with Crippen molar-refractivity contribution in [2.45, 2.75) is 65.5 Å². The lowest BCUT2D eigenvalue weighted by Crippen LogP contribution is -2.50. The van der Waals surface area contributed by atoms with E-state index in [1.807, 2.05) is 35.2 Å². The zero-order valence-electron chi connectivity index (χ0n) is 15.6. The molecule has 2 atom stereocenters. The summed E-state index contributed by atoms with van der Waals surface area (Å²) in [6.07, 6.45) is 1.85.